The van der Waals surface area contributed by atoms with Crippen molar-refractivity contribution in [3.63, 3.8) is 0 Å². The molecule has 7 N–H and O–H groups in total. The molecule has 0 heterocycles. The van der Waals surface area contributed by atoms with Crippen molar-refractivity contribution in [2.24, 2.45) is 0 Å². The van der Waals surface area contributed by atoms with Gasteiger partial charge in [-0.05, 0) is 0 Å². The van der Waals surface area contributed by atoms with Gasteiger partial charge in [0, 0.05) is 0 Å². The van der Waals surface area contributed by atoms with Gasteiger partial charge in [-0.1, -0.05) is 0 Å². The summed E-state index contributed by atoms with van der Waals surface area (Å²) in [7, 11) is -4.64. The summed E-state index contributed by atoms with van der Waals surface area (Å²) in [5, 5.41) is 0. The molecule has 0 atom stereocenters. The summed E-state index contributed by atoms with van der Waals surface area (Å²) in [6.07, 6.45) is 0. The zero-order valence-corrected chi connectivity index (χ0v) is 11.1. The minimum absolute atomic E-state index is 0. The summed E-state index contributed by atoms with van der Waals surface area (Å²) in [5.74, 6) is 0. The Morgan fingerprint density at radius 3 is 1.10 bits per heavy atom. The number of rotatable bonds is 0. The van der Waals surface area contributed by atoms with E-state index < -0.39 is 7.82 Å². The van der Waals surface area contributed by atoms with Crippen LogP contribution in [-0.4, -0.2) is 80.7 Å². The number of phosphoric acid groups is 1. The molecule has 0 aliphatic rings. The van der Waals surface area contributed by atoms with Crippen molar-refractivity contribution in [1.29, 1.82) is 0 Å². The molecular weight excluding hydrogens is 233 g/mol. The largest absolute Gasteiger partial charge is 2.00 e. The monoisotopic (exact) mass is 246 g/mol. The smallest absolute Gasteiger partial charge is 1.00 e. The Bertz CT molecular complexity index is 74.0. The molecule has 0 amide bonds. The molecule has 10 heteroatoms. The van der Waals surface area contributed by atoms with Crippen LogP contribution in [0.15, 0.2) is 0 Å². The van der Waals surface area contributed by atoms with Crippen molar-refractivity contribution in [2.45, 2.75) is 0 Å². The molecular formula is H13AlCaKO6P. The van der Waals surface area contributed by atoms with Crippen molar-refractivity contribution < 1.29 is 85.9 Å². The van der Waals surface area contributed by atoms with Gasteiger partial charge < -0.3 is 29.9 Å². The van der Waals surface area contributed by atoms with E-state index in [1.807, 2.05) is 0 Å². The Hall–Kier alpha value is 3.46. The maximum Gasteiger partial charge on any atom is 2.00 e. The van der Waals surface area contributed by atoms with E-state index >= 15 is 0 Å². The fourth-order valence-electron chi connectivity index (χ4n) is 0. The number of hydrogen-bond donors (Lipinski definition) is 3. The van der Waals surface area contributed by atoms with E-state index in [1.54, 1.807) is 0 Å². The topological polar surface area (TPSA) is 141 Å². The predicted octanol–water partition coefficient (Wildman–Crippen LogP) is -6.80. The van der Waals surface area contributed by atoms with Gasteiger partial charge in [-0.15, -0.1) is 0 Å². The van der Waals surface area contributed by atoms with E-state index in [0.717, 1.165) is 0 Å². The molecule has 0 aromatic rings. The first-order chi connectivity index (χ1) is 2.00. The third-order valence-electron chi connectivity index (χ3n) is 0. The van der Waals surface area contributed by atoms with Crippen LogP contribution in [0.5, 0.6) is 0 Å². The van der Waals surface area contributed by atoms with E-state index in [1.165, 1.54) is 0 Å². The van der Waals surface area contributed by atoms with E-state index in [9.17, 15) is 0 Å². The molecule has 0 radical (unpaired) electrons. The molecule has 0 saturated heterocycles. The summed E-state index contributed by atoms with van der Waals surface area (Å²) in [6, 6.07) is 0. The fraction of sp³-hybridized carbons (Fsp3) is 0. The number of hydrogen-bond acceptors (Lipinski definition) is 1. The zero-order valence-electron chi connectivity index (χ0n) is 7.90. The molecule has 0 unspecified atom stereocenters. The zero-order chi connectivity index (χ0) is 4.50. The van der Waals surface area contributed by atoms with E-state index in [-0.39, 0.29) is 122 Å². The average molecular weight is 246 g/mol. The van der Waals surface area contributed by atoms with Crippen LogP contribution in [0, 0.1) is 0 Å². The van der Waals surface area contributed by atoms with Gasteiger partial charge in [0.05, 0.1) is 0 Å². The molecule has 10 heavy (non-hydrogen) atoms. The van der Waals surface area contributed by atoms with E-state index in [4.69, 9.17) is 19.2 Å². The normalized spacial score (nSPS) is 5.90. The van der Waals surface area contributed by atoms with Gasteiger partial charge in [-0.2, -0.15) is 0 Å². The summed E-state index contributed by atoms with van der Waals surface area (Å²) >= 11 is 0. The van der Waals surface area contributed by atoms with Crippen LogP contribution in [-0.2, 0) is 4.57 Å². The molecule has 0 spiro atoms. The van der Waals surface area contributed by atoms with E-state index in [0.29, 0.717) is 0 Å². The second-order valence-electron chi connectivity index (χ2n) is 0.513. The first-order valence-electron chi connectivity index (χ1n) is 0.783. The van der Waals surface area contributed by atoms with Gasteiger partial charge in [0.1, 0.15) is 0 Å². The van der Waals surface area contributed by atoms with Gasteiger partial charge in [0.25, 0.3) is 0 Å². The Morgan fingerprint density at radius 1 is 1.10 bits per heavy atom. The maximum atomic E-state index is 8.88. The first kappa shape index (κ1) is 37.6. The molecule has 0 aliphatic carbocycles. The van der Waals surface area contributed by atoms with Gasteiger partial charge in [0.15, 0.2) is 17.4 Å². The summed E-state index contributed by atoms with van der Waals surface area (Å²) in [4.78, 5) is 21.6. The van der Waals surface area contributed by atoms with Crippen LogP contribution in [0.3, 0.4) is 0 Å². The molecule has 0 saturated carbocycles. The Kier molecular flexibility index (Phi) is 68.7. The molecule has 0 aromatic carbocycles. The van der Waals surface area contributed by atoms with Crippen molar-refractivity contribution in [1.82, 2.24) is 0 Å². The van der Waals surface area contributed by atoms with Crippen LogP contribution in [0.25, 0.3) is 0 Å². The predicted molar refractivity (Wildman–Crippen MR) is 40.5 cm³/mol. The summed E-state index contributed by atoms with van der Waals surface area (Å²) in [6.45, 7) is 0. The molecule has 0 bridgehead atoms. The van der Waals surface area contributed by atoms with Crippen molar-refractivity contribution in [3.05, 3.63) is 0 Å². The van der Waals surface area contributed by atoms with Crippen molar-refractivity contribution in [2.75, 3.05) is 0 Å². The maximum absolute atomic E-state index is 8.88. The first-order valence-corrected chi connectivity index (χ1v) is 2.35. The summed E-state index contributed by atoms with van der Waals surface area (Å²) < 4.78 is 8.88. The second kappa shape index (κ2) is 18.3. The average Bonchev–Trinajstić information content (AvgIpc) is 0.722. The quantitative estimate of drug-likeness (QED) is 0.288. The molecule has 60 valence electrons. The van der Waals surface area contributed by atoms with Crippen LogP contribution in [0.4, 0.5) is 0 Å². The van der Waals surface area contributed by atoms with Crippen molar-refractivity contribution >= 4 is 62.9 Å². The van der Waals surface area contributed by atoms with E-state index in [2.05, 4.69) is 0 Å². The minimum Gasteiger partial charge on any atom is -1.00 e. The Balaban J connectivity index is -0.00000000286. The van der Waals surface area contributed by atoms with Crippen LogP contribution in [0.1, 0.15) is 4.28 Å². The van der Waals surface area contributed by atoms with Crippen LogP contribution in [0.2, 0.25) is 0 Å². The molecule has 6 nitrogen and oxygen atoms in total. The third-order valence-corrected chi connectivity index (χ3v) is 0. The summed E-state index contributed by atoms with van der Waals surface area (Å²) in [5.41, 5.74) is 0. The third kappa shape index (κ3) is 105. The van der Waals surface area contributed by atoms with Crippen LogP contribution < -0.4 is 51.4 Å². The standard InChI is InChI=1S/Al.Ca.K.H3O4P.2H2O.6H/c;;;1-5(2,3)4;;;;;;;;/h;;;(H3,1,2,3,4);2*1H2;;;;;;/q;+2;+1;;;;;;;3*-1. The van der Waals surface area contributed by atoms with Gasteiger partial charge >= 0.3 is 96.9 Å². The van der Waals surface area contributed by atoms with Crippen LogP contribution >= 0.6 is 7.82 Å². The molecule has 0 aliphatic heterocycles. The second-order valence-corrected chi connectivity index (χ2v) is 1.54. The van der Waals surface area contributed by atoms with Gasteiger partial charge in [0.2, 0.25) is 0 Å². The van der Waals surface area contributed by atoms with Gasteiger partial charge in [-0.3, -0.25) is 0 Å². The molecule has 0 fully saturated rings. The van der Waals surface area contributed by atoms with Crippen molar-refractivity contribution in [3.8, 4) is 0 Å². The Labute approximate surface area is 146 Å². The minimum atomic E-state index is -4.64. The molecule has 0 aromatic heterocycles. The molecule has 0 rings (SSSR count). The SMILES string of the molecule is O.O.O=P(O)(O)O.[AlH3].[Ca+2].[H-].[H-].[H-].[K+]. The van der Waals surface area contributed by atoms with Gasteiger partial charge in [-0.25, -0.2) is 4.57 Å². The Morgan fingerprint density at radius 2 is 1.10 bits per heavy atom. The fourth-order valence-corrected chi connectivity index (χ4v) is 0.